The molecule has 128 valence electrons. The second kappa shape index (κ2) is 7.04. The van der Waals surface area contributed by atoms with Crippen molar-refractivity contribution in [2.24, 2.45) is 0 Å². The quantitative estimate of drug-likeness (QED) is 0.615. The molecule has 0 saturated heterocycles. The molecule has 0 aliphatic rings. The van der Waals surface area contributed by atoms with E-state index < -0.39 is 11.4 Å². The van der Waals surface area contributed by atoms with Crippen LogP contribution in [0.5, 0.6) is 5.75 Å². The molecule has 3 aromatic rings. The Kier molecular flexibility index (Phi) is 5.00. The zero-order valence-electron chi connectivity index (χ0n) is 13.3. The number of hydrogen-bond donors (Lipinski definition) is 1. The summed E-state index contributed by atoms with van der Waals surface area (Å²) < 4.78 is 19.9. The van der Waals surface area contributed by atoms with E-state index in [4.69, 9.17) is 27.9 Å². The van der Waals surface area contributed by atoms with Crippen LogP contribution in [0.15, 0.2) is 66.7 Å². The number of hydrogen-bond acceptors (Lipinski definition) is 2. The minimum atomic E-state index is -1.80. The molecule has 5 heteroatoms. The van der Waals surface area contributed by atoms with E-state index in [1.807, 2.05) is 0 Å². The van der Waals surface area contributed by atoms with Crippen molar-refractivity contribution in [2.75, 3.05) is 7.11 Å². The Hall–Kier alpha value is -2.07. The third-order valence-electron chi connectivity index (χ3n) is 4.09. The van der Waals surface area contributed by atoms with Crippen LogP contribution in [-0.2, 0) is 5.60 Å². The molecule has 0 heterocycles. The number of ether oxygens (including phenoxy) is 1. The molecule has 0 fully saturated rings. The topological polar surface area (TPSA) is 29.5 Å². The van der Waals surface area contributed by atoms with Crippen molar-refractivity contribution in [2.45, 2.75) is 5.60 Å². The molecule has 2 nitrogen and oxygen atoms in total. The second-order valence-electron chi connectivity index (χ2n) is 5.54. The molecule has 0 amide bonds. The third-order valence-corrected chi connectivity index (χ3v) is 4.67. The number of halogens is 3. The van der Waals surface area contributed by atoms with E-state index in [2.05, 4.69) is 0 Å². The average molecular weight is 377 g/mol. The Labute approximate surface area is 155 Å². The predicted octanol–water partition coefficient (Wildman–Crippen LogP) is 5.43. The first-order valence-electron chi connectivity index (χ1n) is 7.54. The van der Waals surface area contributed by atoms with Crippen molar-refractivity contribution in [3.63, 3.8) is 0 Å². The van der Waals surface area contributed by atoms with Gasteiger partial charge in [0.15, 0.2) is 0 Å². The number of methoxy groups -OCH3 is 1. The summed E-state index contributed by atoms with van der Waals surface area (Å²) in [6, 6.07) is 17.6. The Morgan fingerprint density at radius 3 is 2.24 bits per heavy atom. The number of rotatable bonds is 4. The van der Waals surface area contributed by atoms with Gasteiger partial charge >= 0.3 is 0 Å². The Morgan fingerprint density at radius 1 is 0.920 bits per heavy atom. The van der Waals surface area contributed by atoms with Crippen LogP contribution < -0.4 is 4.74 Å². The minimum Gasteiger partial charge on any atom is -0.497 e. The van der Waals surface area contributed by atoms with Gasteiger partial charge in [-0.25, -0.2) is 4.39 Å². The van der Waals surface area contributed by atoms with E-state index in [1.54, 1.807) is 48.5 Å². The van der Waals surface area contributed by atoms with Gasteiger partial charge in [0, 0.05) is 21.2 Å². The normalized spacial score (nSPS) is 13.3. The highest BCUT2D eigenvalue weighted by molar-refractivity contribution is 6.31. The first-order chi connectivity index (χ1) is 12.0. The highest BCUT2D eigenvalue weighted by Gasteiger charge is 2.38. The maximum absolute atomic E-state index is 14.7. The van der Waals surface area contributed by atoms with Crippen molar-refractivity contribution in [3.05, 3.63) is 99.3 Å². The molecular weight excluding hydrogens is 362 g/mol. The monoisotopic (exact) mass is 376 g/mol. The largest absolute Gasteiger partial charge is 0.497 e. The van der Waals surface area contributed by atoms with Gasteiger partial charge in [0.25, 0.3) is 0 Å². The summed E-state index contributed by atoms with van der Waals surface area (Å²) in [6.07, 6.45) is 0. The molecule has 0 aliphatic heterocycles. The van der Waals surface area contributed by atoms with E-state index >= 15 is 0 Å². The van der Waals surface area contributed by atoms with Gasteiger partial charge < -0.3 is 9.84 Å². The van der Waals surface area contributed by atoms with E-state index in [-0.39, 0.29) is 5.56 Å². The van der Waals surface area contributed by atoms with Gasteiger partial charge in [0.1, 0.15) is 17.2 Å². The van der Waals surface area contributed by atoms with Gasteiger partial charge in [-0.3, -0.25) is 0 Å². The van der Waals surface area contributed by atoms with Gasteiger partial charge in [-0.2, -0.15) is 0 Å². The van der Waals surface area contributed by atoms with E-state index in [9.17, 15) is 9.50 Å². The smallest absolute Gasteiger partial charge is 0.144 e. The van der Waals surface area contributed by atoms with Crippen molar-refractivity contribution >= 4 is 23.2 Å². The number of benzene rings is 3. The zero-order chi connectivity index (χ0) is 18.0. The molecular formula is C20H15Cl2FO2. The van der Waals surface area contributed by atoms with E-state index in [1.165, 1.54) is 25.3 Å². The van der Waals surface area contributed by atoms with Gasteiger partial charge in [-0.15, -0.1) is 0 Å². The summed E-state index contributed by atoms with van der Waals surface area (Å²) in [5, 5.41) is 12.5. The summed E-state index contributed by atoms with van der Waals surface area (Å²) in [4.78, 5) is 0. The molecule has 25 heavy (non-hydrogen) atoms. The Bertz CT molecular complexity index is 896. The fraction of sp³-hybridized carbons (Fsp3) is 0.100. The van der Waals surface area contributed by atoms with Gasteiger partial charge in [-0.1, -0.05) is 53.5 Å². The van der Waals surface area contributed by atoms with Crippen LogP contribution in [0.1, 0.15) is 16.7 Å². The fourth-order valence-corrected chi connectivity index (χ4v) is 3.21. The standard InChI is InChI=1S/C20H15Cl2FO2/c1-25-15-10-11-19(23)17(12-15)20(24,13-6-8-14(21)9-7-13)16-4-2-3-5-18(16)22/h2-12,24H,1H3. The first kappa shape index (κ1) is 17.7. The molecule has 0 aliphatic carbocycles. The lowest BCUT2D eigenvalue weighted by molar-refractivity contribution is 0.121. The summed E-state index contributed by atoms with van der Waals surface area (Å²) >= 11 is 12.3. The lowest BCUT2D eigenvalue weighted by Gasteiger charge is -2.31. The van der Waals surface area contributed by atoms with Crippen molar-refractivity contribution in [3.8, 4) is 5.75 Å². The van der Waals surface area contributed by atoms with Crippen LogP contribution in [0.3, 0.4) is 0 Å². The summed E-state index contributed by atoms with van der Waals surface area (Å²) in [7, 11) is 1.48. The average Bonchev–Trinajstić information content (AvgIpc) is 2.62. The number of aliphatic hydroxyl groups is 1. The minimum absolute atomic E-state index is 0.0438. The lowest BCUT2D eigenvalue weighted by Crippen LogP contribution is -2.30. The molecule has 0 radical (unpaired) electrons. The maximum Gasteiger partial charge on any atom is 0.144 e. The van der Waals surface area contributed by atoms with Crippen LogP contribution in [0.2, 0.25) is 10.0 Å². The highest BCUT2D eigenvalue weighted by atomic mass is 35.5. The fourth-order valence-electron chi connectivity index (χ4n) is 2.81. The maximum atomic E-state index is 14.7. The van der Waals surface area contributed by atoms with Crippen LogP contribution in [0.4, 0.5) is 4.39 Å². The molecule has 0 saturated carbocycles. The van der Waals surface area contributed by atoms with Crippen molar-refractivity contribution < 1.29 is 14.2 Å². The van der Waals surface area contributed by atoms with Crippen molar-refractivity contribution in [1.29, 1.82) is 0 Å². The molecule has 1 unspecified atom stereocenters. The molecule has 0 spiro atoms. The van der Waals surface area contributed by atoms with Crippen LogP contribution in [0, 0.1) is 5.82 Å². The summed E-state index contributed by atoms with van der Waals surface area (Å²) in [6.45, 7) is 0. The van der Waals surface area contributed by atoms with Crippen LogP contribution in [-0.4, -0.2) is 12.2 Å². The highest BCUT2D eigenvalue weighted by Crippen LogP contribution is 2.42. The van der Waals surface area contributed by atoms with Crippen molar-refractivity contribution in [1.82, 2.24) is 0 Å². The molecule has 1 N–H and O–H groups in total. The van der Waals surface area contributed by atoms with E-state index in [0.29, 0.717) is 26.9 Å². The van der Waals surface area contributed by atoms with E-state index in [0.717, 1.165) is 0 Å². The Morgan fingerprint density at radius 2 is 1.60 bits per heavy atom. The molecule has 3 aromatic carbocycles. The summed E-state index contributed by atoms with van der Waals surface area (Å²) in [5.74, 6) is -0.144. The van der Waals surface area contributed by atoms with Crippen LogP contribution in [0.25, 0.3) is 0 Å². The third kappa shape index (κ3) is 3.23. The second-order valence-corrected chi connectivity index (χ2v) is 6.39. The lowest BCUT2D eigenvalue weighted by atomic mass is 9.80. The molecule has 3 rings (SSSR count). The summed E-state index contributed by atoms with van der Waals surface area (Å²) in [5.41, 5.74) is -0.952. The zero-order valence-corrected chi connectivity index (χ0v) is 14.9. The molecule has 0 bridgehead atoms. The SMILES string of the molecule is COc1ccc(F)c(C(O)(c2ccc(Cl)cc2)c2ccccc2Cl)c1. The first-order valence-corrected chi connectivity index (χ1v) is 8.30. The van der Waals surface area contributed by atoms with Gasteiger partial charge in [0.2, 0.25) is 0 Å². The molecule has 1 atom stereocenters. The van der Waals surface area contributed by atoms with Gasteiger partial charge in [0.05, 0.1) is 7.11 Å². The predicted molar refractivity (Wildman–Crippen MR) is 98.0 cm³/mol. The Balaban J connectivity index is 2.34. The van der Waals surface area contributed by atoms with Crippen LogP contribution >= 0.6 is 23.2 Å². The molecule has 0 aromatic heterocycles. The van der Waals surface area contributed by atoms with Gasteiger partial charge in [-0.05, 0) is 42.0 Å².